The lowest BCUT2D eigenvalue weighted by atomic mass is 9.85. The summed E-state index contributed by atoms with van der Waals surface area (Å²) in [7, 11) is 0. The molecule has 0 aromatic carbocycles. The lowest BCUT2D eigenvalue weighted by Gasteiger charge is -2.37. The second-order valence-electron chi connectivity index (χ2n) is 10.9. The molecule has 3 fully saturated rings. The number of hydrogen-bond donors (Lipinski definition) is 4. The zero-order valence-electron chi connectivity index (χ0n) is 19.3. The highest BCUT2D eigenvalue weighted by molar-refractivity contribution is 5.94. The Hall–Kier alpha value is -2.65. The van der Waals surface area contributed by atoms with Crippen molar-refractivity contribution in [2.24, 2.45) is 28.6 Å². The maximum Gasteiger partial charge on any atom is 0.405 e. The van der Waals surface area contributed by atoms with E-state index in [0.29, 0.717) is 25.8 Å². The zero-order valence-corrected chi connectivity index (χ0v) is 19.3. The van der Waals surface area contributed by atoms with Crippen LogP contribution in [0.25, 0.3) is 0 Å². The fourth-order valence-corrected chi connectivity index (χ4v) is 5.34. The van der Waals surface area contributed by atoms with Gasteiger partial charge < -0.3 is 30.8 Å². The number of hydrogen-bond acceptors (Lipinski definition) is 5. The third-order valence-electron chi connectivity index (χ3n) is 7.33. The SMILES string of the molecule is CC(C)(C)C(NC(=O)O)C(=O)N1C[C@H]2[C@@H]([C@H]1C(=O)NC(C=O)C[C@@H]1CCNC1=O)C2(C)C. The largest absolute Gasteiger partial charge is 0.465 e. The lowest BCUT2D eigenvalue weighted by Crippen LogP contribution is -2.59. The van der Waals surface area contributed by atoms with Gasteiger partial charge in [-0.05, 0) is 35.5 Å². The summed E-state index contributed by atoms with van der Waals surface area (Å²) in [5.74, 6) is -1.28. The van der Waals surface area contributed by atoms with Gasteiger partial charge in [0.15, 0.2) is 0 Å². The Bertz CT molecular complexity index is 820. The number of carboxylic acid groups (broad SMARTS) is 1. The van der Waals surface area contributed by atoms with E-state index in [0.717, 1.165) is 0 Å². The smallest absolute Gasteiger partial charge is 0.405 e. The molecule has 2 aliphatic heterocycles. The first-order chi connectivity index (χ1) is 14.8. The number of carbonyl (C=O) groups is 5. The molecule has 2 unspecified atom stereocenters. The van der Waals surface area contributed by atoms with Gasteiger partial charge in [-0.15, -0.1) is 0 Å². The van der Waals surface area contributed by atoms with Crippen LogP contribution in [0.15, 0.2) is 0 Å². The van der Waals surface area contributed by atoms with Gasteiger partial charge in [0.1, 0.15) is 18.4 Å². The number of likely N-dealkylation sites (tertiary alicyclic amines) is 1. The van der Waals surface area contributed by atoms with Crippen LogP contribution in [0.5, 0.6) is 0 Å². The molecule has 4 amide bonds. The molecule has 1 aliphatic carbocycles. The van der Waals surface area contributed by atoms with Gasteiger partial charge in [-0.25, -0.2) is 4.79 Å². The van der Waals surface area contributed by atoms with E-state index in [-0.39, 0.29) is 35.5 Å². The van der Waals surface area contributed by atoms with E-state index in [1.165, 1.54) is 4.90 Å². The third kappa shape index (κ3) is 4.45. The predicted molar refractivity (Wildman–Crippen MR) is 114 cm³/mol. The second kappa shape index (κ2) is 8.37. The molecule has 2 heterocycles. The molecule has 0 aromatic heterocycles. The molecule has 6 atom stereocenters. The van der Waals surface area contributed by atoms with E-state index >= 15 is 0 Å². The summed E-state index contributed by atoms with van der Waals surface area (Å²) >= 11 is 0. The minimum atomic E-state index is -1.31. The monoisotopic (exact) mass is 450 g/mol. The third-order valence-corrected chi connectivity index (χ3v) is 7.33. The van der Waals surface area contributed by atoms with Crippen LogP contribution in [0.4, 0.5) is 4.79 Å². The topological polar surface area (TPSA) is 145 Å². The molecular formula is C22H34N4O6. The van der Waals surface area contributed by atoms with Crippen molar-refractivity contribution in [1.82, 2.24) is 20.9 Å². The molecule has 3 rings (SSSR count). The maximum atomic E-state index is 13.4. The van der Waals surface area contributed by atoms with Crippen molar-refractivity contribution < 1.29 is 29.1 Å². The van der Waals surface area contributed by atoms with Gasteiger partial charge in [0.05, 0.1) is 6.04 Å². The summed E-state index contributed by atoms with van der Waals surface area (Å²) in [5, 5.41) is 17.0. The van der Waals surface area contributed by atoms with Crippen molar-refractivity contribution in [3.8, 4) is 0 Å². The molecular weight excluding hydrogens is 416 g/mol. The standard InChI is InChI=1S/C22H34N4O6/c1-21(2,3)16(25-20(31)32)19(30)26-9-13-14(22(13,4)5)15(26)18(29)24-12(10-27)8-11-6-7-23-17(11)28/h10-16,25H,6-9H2,1-5H3,(H,23,28)(H,24,29)(H,31,32)/t11-,12?,13-,14-,15-,16?/m0/s1. The van der Waals surface area contributed by atoms with Gasteiger partial charge in [0.2, 0.25) is 17.7 Å². The molecule has 0 radical (unpaired) electrons. The van der Waals surface area contributed by atoms with Crippen molar-refractivity contribution in [3.63, 3.8) is 0 Å². The summed E-state index contributed by atoms with van der Waals surface area (Å²) < 4.78 is 0. The lowest BCUT2D eigenvalue weighted by molar-refractivity contribution is -0.144. The fraction of sp³-hybridized carbons (Fsp3) is 0.773. The number of amides is 4. The van der Waals surface area contributed by atoms with Gasteiger partial charge in [-0.3, -0.25) is 14.4 Å². The number of aldehydes is 1. The van der Waals surface area contributed by atoms with Crippen molar-refractivity contribution in [1.29, 1.82) is 0 Å². The number of rotatable bonds is 7. The average molecular weight is 451 g/mol. The quantitative estimate of drug-likeness (QED) is 0.412. The van der Waals surface area contributed by atoms with Crippen LogP contribution < -0.4 is 16.0 Å². The highest BCUT2D eigenvalue weighted by Crippen LogP contribution is 2.65. The van der Waals surface area contributed by atoms with E-state index in [4.69, 9.17) is 0 Å². The Kier molecular flexibility index (Phi) is 6.27. The van der Waals surface area contributed by atoms with Crippen LogP contribution in [-0.2, 0) is 19.2 Å². The Morgan fingerprint density at radius 2 is 1.94 bits per heavy atom. The number of piperidine rings is 1. The van der Waals surface area contributed by atoms with Gasteiger partial charge >= 0.3 is 6.09 Å². The van der Waals surface area contributed by atoms with Crippen molar-refractivity contribution in [2.75, 3.05) is 13.1 Å². The highest BCUT2D eigenvalue weighted by atomic mass is 16.4. The molecule has 1 saturated carbocycles. The number of nitrogens with zero attached hydrogens (tertiary/aromatic N) is 1. The molecule has 10 nitrogen and oxygen atoms in total. The van der Waals surface area contributed by atoms with Crippen LogP contribution in [0.1, 0.15) is 47.5 Å². The maximum absolute atomic E-state index is 13.4. The molecule has 3 aliphatic rings. The van der Waals surface area contributed by atoms with E-state index < -0.39 is 41.4 Å². The Balaban J connectivity index is 1.78. The zero-order chi connectivity index (χ0) is 24.0. The normalized spacial score (nSPS) is 30.0. The molecule has 0 spiro atoms. The molecule has 0 bridgehead atoms. The predicted octanol–water partition coefficient (Wildman–Crippen LogP) is 0.362. The first-order valence-electron chi connectivity index (χ1n) is 11.1. The van der Waals surface area contributed by atoms with E-state index in [2.05, 4.69) is 16.0 Å². The van der Waals surface area contributed by atoms with Gasteiger partial charge in [0.25, 0.3) is 0 Å². The van der Waals surface area contributed by atoms with Crippen LogP contribution in [0.2, 0.25) is 0 Å². The summed E-state index contributed by atoms with van der Waals surface area (Å²) in [4.78, 5) is 63.0. The van der Waals surface area contributed by atoms with E-state index in [9.17, 15) is 29.1 Å². The minimum Gasteiger partial charge on any atom is -0.465 e. The summed E-state index contributed by atoms with van der Waals surface area (Å²) in [6, 6.07) is -2.63. The van der Waals surface area contributed by atoms with Crippen molar-refractivity contribution in [3.05, 3.63) is 0 Å². The first kappa shape index (κ1) is 24.0. The first-order valence-corrected chi connectivity index (χ1v) is 11.1. The van der Waals surface area contributed by atoms with Gasteiger partial charge in [0, 0.05) is 19.0 Å². The number of fused-ring (bicyclic) bond motifs is 1. The fourth-order valence-electron chi connectivity index (χ4n) is 5.34. The van der Waals surface area contributed by atoms with Gasteiger partial charge in [-0.2, -0.15) is 0 Å². The molecule has 32 heavy (non-hydrogen) atoms. The molecule has 2 saturated heterocycles. The van der Waals surface area contributed by atoms with Crippen molar-refractivity contribution in [2.45, 2.75) is 65.6 Å². The van der Waals surface area contributed by atoms with Gasteiger partial charge in [-0.1, -0.05) is 34.6 Å². The molecule has 0 aromatic rings. The number of carbonyl (C=O) groups excluding carboxylic acids is 4. The van der Waals surface area contributed by atoms with E-state index in [1.54, 1.807) is 20.8 Å². The highest BCUT2D eigenvalue weighted by Gasteiger charge is 2.69. The van der Waals surface area contributed by atoms with Crippen LogP contribution in [0, 0.1) is 28.6 Å². The minimum absolute atomic E-state index is 0.0704. The number of nitrogens with one attached hydrogen (secondary N) is 3. The average Bonchev–Trinajstić information content (AvgIpc) is 3.05. The van der Waals surface area contributed by atoms with Crippen LogP contribution in [-0.4, -0.2) is 71.3 Å². The Morgan fingerprint density at radius 3 is 2.44 bits per heavy atom. The van der Waals surface area contributed by atoms with Crippen molar-refractivity contribution >= 4 is 30.1 Å². The molecule has 4 N–H and O–H groups in total. The molecule has 178 valence electrons. The second-order valence-corrected chi connectivity index (χ2v) is 10.9. The summed E-state index contributed by atoms with van der Waals surface area (Å²) in [6.45, 7) is 10.3. The Morgan fingerprint density at radius 1 is 1.28 bits per heavy atom. The van der Waals surface area contributed by atoms with Crippen LogP contribution >= 0.6 is 0 Å². The summed E-state index contributed by atoms with van der Waals surface area (Å²) in [5.41, 5.74) is -0.821. The van der Waals surface area contributed by atoms with E-state index in [1.807, 2.05) is 13.8 Å². The Labute approximate surface area is 187 Å². The molecule has 10 heteroatoms. The summed E-state index contributed by atoms with van der Waals surface area (Å²) in [6.07, 6.45) is 0.146. The van der Waals surface area contributed by atoms with Crippen LogP contribution in [0.3, 0.4) is 0 Å².